The van der Waals surface area contributed by atoms with Gasteiger partial charge in [0.2, 0.25) is 0 Å². The van der Waals surface area contributed by atoms with E-state index in [1.165, 1.54) is 27.7 Å². The number of aromatic nitrogens is 3. The molecule has 1 heterocycles. The van der Waals surface area contributed by atoms with Gasteiger partial charge in [0.05, 0.1) is 38.6 Å². The van der Waals surface area contributed by atoms with Crippen molar-refractivity contribution in [1.29, 1.82) is 0 Å². The number of ether oxygens (including phenoxy) is 2. The second kappa shape index (κ2) is 18.5. The first-order valence-corrected chi connectivity index (χ1v) is 17.2. The molecule has 0 aliphatic rings. The van der Waals surface area contributed by atoms with E-state index in [-0.39, 0.29) is 37.3 Å². The van der Waals surface area contributed by atoms with Crippen LogP contribution in [0.2, 0.25) is 0 Å². The molecule has 12 nitrogen and oxygen atoms in total. The monoisotopic (exact) mass is 647 g/mol. The zero-order chi connectivity index (χ0) is 32.8. The van der Waals surface area contributed by atoms with Crippen LogP contribution in [0.15, 0.2) is 27.0 Å². The second-order valence-electron chi connectivity index (χ2n) is 11.4. The molecule has 0 bridgehead atoms. The third-order valence-electron chi connectivity index (χ3n) is 7.46. The summed E-state index contributed by atoms with van der Waals surface area (Å²) in [7, 11) is 2.84. The van der Waals surface area contributed by atoms with Crippen LogP contribution >= 0.6 is 21.6 Å². The van der Waals surface area contributed by atoms with Gasteiger partial charge < -0.3 is 19.7 Å². The number of carbonyl (C=O) groups excluding carboxylic acids is 2. The summed E-state index contributed by atoms with van der Waals surface area (Å²) in [6, 6.07) is 0. The number of nitrogens with zero attached hydrogens (tertiary/aromatic N) is 3. The molecule has 2 N–H and O–H groups in total. The fourth-order valence-electron chi connectivity index (χ4n) is 3.99. The van der Waals surface area contributed by atoms with E-state index in [0.717, 1.165) is 28.4 Å². The number of esters is 2. The zero-order valence-electron chi connectivity index (χ0n) is 26.3. The summed E-state index contributed by atoms with van der Waals surface area (Å²) in [4.78, 5) is 63.1. The van der Waals surface area contributed by atoms with Crippen molar-refractivity contribution in [2.75, 3.05) is 18.1 Å². The summed E-state index contributed by atoms with van der Waals surface area (Å²) in [5, 5.41) is 21.2. The number of hydrogen-bond acceptors (Lipinski definition) is 11. The molecule has 1 rings (SSSR count). The van der Waals surface area contributed by atoms with Gasteiger partial charge in [-0.3, -0.25) is 9.59 Å². The smallest absolute Gasteiger partial charge is 0.336 e. The molecule has 1 aromatic rings. The Labute approximate surface area is 261 Å². The van der Waals surface area contributed by atoms with Crippen LogP contribution in [0.5, 0.6) is 0 Å². The Kier molecular flexibility index (Phi) is 16.7. The first kappa shape index (κ1) is 38.7. The predicted molar refractivity (Wildman–Crippen MR) is 170 cm³/mol. The summed E-state index contributed by atoms with van der Waals surface area (Å²) in [5.74, 6) is 0.107. The summed E-state index contributed by atoms with van der Waals surface area (Å²) in [6.45, 7) is 13.8. The number of allylic oxidation sites excluding steroid dienone is 1. The normalized spacial score (nSPS) is 13.4. The van der Waals surface area contributed by atoms with E-state index in [2.05, 4.69) is 6.58 Å². The lowest BCUT2D eigenvalue weighted by atomic mass is 9.79. The quantitative estimate of drug-likeness (QED) is 0.0874. The van der Waals surface area contributed by atoms with Crippen LogP contribution in [-0.2, 0) is 38.7 Å². The molecule has 246 valence electrons. The molecule has 0 aliphatic carbocycles. The first-order valence-electron chi connectivity index (χ1n) is 14.7. The van der Waals surface area contributed by atoms with Crippen LogP contribution in [-0.4, -0.2) is 71.8 Å². The number of aliphatic hydroxyl groups excluding tert-OH is 2. The van der Waals surface area contributed by atoms with E-state index in [0.29, 0.717) is 22.5 Å². The average molecular weight is 648 g/mol. The van der Waals surface area contributed by atoms with E-state index in [9.17, 15) is 34.2 Å². The van der Waals surface area contributed by atoms with Gasteiger partial charge in [-0.15, -0.1) is 6.58 Å². The highest BCUT2D eigenvalue weighted by Crippen LogP contribution is 2.31. The van der Waals surface area contributed by atoms with E-state index in [1.54, 1.807) is 0 Å². The van der Waals surface area contributed by atoms with Crippen molar-refractivity contribution in [3.05, 3.63) is 44.1 Å². The fraction of sp³-hybridized carbons (Fsp3) is 0.759. The lowest BCUT2D eigenvalue weighted by Crippen LogP contribution is -2.56. The molecular weight excluding hydrogens is 598 g/mol. The van der Waals surface area contributed by atoms with E-state index in [1.807, 2.05) is 41.5 Å². The van der Waals surface area contributed by atoms with E-state index in [4.69, 9.17) is 9.47 Å². The van der Waals surface area contributed by atoms with E-state index >= 15 is 0 Å². The lowest BCUT2D eigenvalue weighted by Gasteiger charge is -2.29. The van der Waals surface area contributed by atoms with Gasteiger partial charge >= 0.3 is 29.0 Å². The Hall–Kier alpha value is -2.29. The highest BCUT2D eigenvalue weighted by molar-refractivity contribution is 8.76. The molecule has 2 atom stereocenters. The third kappa shape index (κ3) is 13.1. The fourth-order valence-corrected chi connectivity index (χ4v) is 5.93. The van der Waals surface area contributed by atoms with Crippen molar-refractivity contribution >= 4 is 33.5 Å². The number of hydrogen-bond donors (Lipinski definition) is 2. The zero-order valence-corrected chi connectivity index (χ0v) is 28.0. The largest absolute Gasteiger partial charge is 0.463 e. The minimum Gasteiger partial charge on any atom is -0.463 e. The Bertz CT molecular complexity index is 1240. The molecule has 0 saturated heterocycles. The molecule has 0 radical (unpaired) electrons. The summed E-state index contributed by atoms with van der Waals surface area (Å²) >= 11 is 0. The van der Waals surface area contributed by atoms with Crippen molar-refractivity contribution in [3.63, 3.8) is 0 Å². The van der Waals surface area contributed by atoms with Gasteiger partial charge in [0.25, 0.3) is 0 Å². The Balaban J connectivity index is 2.74. The molecule has 0 amide bonds. The number of rotatable bonds is 21. The molecule has 2 unspecified atom stereocenters. The first-order chi connectivity index (χ1) is 20.1. The van der Waals surface area contributed by atoms with Gasteiger partial charge in [-0.2, -0.15) is 0 Å². The van der Waals surface area contributed by atoms with Gasteiger partial charge in [0.1, 0.15) is 18.3 Å². The van der Waals surface area contributed by atoms with Crippen molar-refractivity contribution in [3.8, 4) is 0 Å². The van der Waals surface area contributed by atoms with Gasteiger partial charge in [-0.25, -0.2) is 28.1 Å². The summed E-state index contributed by atoms with van der Waals surface area (Å²) in [5.41, 5.74) is -3.46. The Morgan fingerprint density at radius 2 is 1.33 bits per heavy atom. The lowest BCUT2D eigenvalue weighted by molar-refractivity contribution is -0.156. The van der Waals surface area contributed by atoms with Crippen molar-refractivity contribution < 1.29 is 29.3 Å². The SMILES string of the molecule is C=CCn1c(=O)n(CC(O)COC(=O)CCSSCCC(=O)OC(C)(C)CC)c(=O)n(CC(O)CC(C)(CC)CC)c1=O. The maximum atomic E-state index is 13.2. The second-order valence-corrected chi connectivity index (χ2v) is 14.1. The van der Waals surface area contributed by atoms with Crippen LogP contribution in [0.25, 0.3) is 0 Å². The van der Waals surface area contributed by atoms with E-state index < -0.39 is 54.0 Å². The Morgan fingerprint density at radius 1 is 0.837 bits per heavy atom. The van der Waals surface area contributed by atoms with Crippen molar-refractivity contribution in [2.24, 2.45) is 5.41 Å². The molecule has 0 saturated carbocycles. The van der Waals surface area contributed by atoms with Crippen LogP contribution in [0, 0.1) is 5.41 Å². The molecule has 0 aliphatic heterocycles. The van der Waals surface area contributed by atoms with Gasteiger partial charge in [0, 0.05) is 11.5 Å². The number of aliphatic hydroxyl groups is 2. The van der Waals surface area contributed by atoms with Crippen LogP contribution < -0.4 is 17.1 Å². The highest BCUT2D eigenvalue weighted by atomic mass is 33.1. The van der Waals surface area contributed by atoms with Crippen molar-refractivity contribution in [2.45, 2.75) is 118 Å². The minimum absolute atomic E-state index is 0.0565. The third-order valence-corrected chi connectivity index (χ3v) is 9.87. The topological polar surface area (TPSA) is 159 Å². The van der Waals surface area contributed by atoms with Crippen molar-refractivity contribution in [1.82, 2.24) is 13.7 Å². The average Bonchev–Trinajstić information content (AvgIpc) is 2.96. The van der Waals surface area contributed by atoms with Gasteiger partial charge in [-0.05, 0) is 32.1 Å². The molecule has 0 fully saturated rings. The maximum Gasteiger partial charge on any atom is 0.336 e. The molecule has 1 aromatic heterocycles. The Morgan fingerprint density at radius 3 is 1.81 bits per heavy atom. The number of carbonyl (C=O) groups is 2. The predicted octanol–water partition coefficient (Wildman–Crippen LogP) is 2.73. The van der Waals surface area contributed by atoms with Crippen LogP contribution in [0.1, 0.15) is 80.1 Å². The molecular formula is C29H49N3O9S2. The highest BCUT2D eigenvalue weighted by Gasteiger charge is 2.26. The summed E-state index contributed by atoms with van der Waals surface area (Å²) < 4.78 is 12.8. The van der Waals surface area contributed by atoms with Gasteiger partial charge in [0.15, 0.2) is 0 Å². The summed E-state index contributed by atoms with van der Waals surface area (Å²) in [6.07, 6.45) is 1.90. The molecule has 14 heteroatoms. The molecule has 0 aromatic carbocycles. The minimum atomic E-state index is -1.40. The van der Waals surface area contributed by atoms with Crippen LogP contribution in [0.4, 0.5) is 0 Å². The standard InChI is InChI=1S/C29H49N3O9S2/c1-8-14-30-25(37)31(18-21(33)17-29(7,10-3)11-4)27(39)32(26(30)38)19-22(34)20-40-23(35)12-15-42-43-16-13-24(36)41-28(5,6)9-2/h8,21-22,33-34H,1,9-20H2,2-7H3. The molecule has 0 spiro atoms. The maximum absolute atomic E-state index is 13.2. The van der Waals surface area contributed by atoms with Crippen LogP contribution in [0.3, 0.4) is 0 Å². The molecule has 43 heavy (non-hydrogen) atoms. The van der Waals surface area contributed by atoms with Gasteiger partial charge in [-0.1, -0.05) is 68.2 Å².